The van der Waals surface area contributed by atoms with Crippen LogP contribution < -0.4 is 10.2 Å². The van der Waals surface area contributed by atoms with E-state index < -0.39 is 17.6 Å². The molecule has 162 valence electrons. The van der Waals surface area contributed by atoms with Gasteiger partial charge in [-0.2, -0.15) is 13.2 Å². The van der Waals surface area contributed by atoms with Crippen LogP contribution in [0.1, 0.15) is 34.3 Å². The molecule has 1 aliphatic heterocycles. The van der Waals surface area contributed by atoms with Gasteiger partial charge in [-0.15, -0.1) is 0 Å². The van der Waals surface area contributed by atoms with E-state index in [1.165, 1.54) is 25.0 Å². The van der Waals surface area contributed by atoms with E-state index in [9.17, 15) is 18.0 Å². The Hall–Kier alpha value is -3.42. The van der Waals surface area contributed by atoms with Crippen LogP contribution in [0, 0.1) is 6.92 Å². The molecule has 1 aromatic heterocycles. The van der Waals surface area contributed by atoms with Crippen molar-refractivity contribution >= 4 is 17.3 Å². The molecule has 0 spiro atoms. The van der Waals surface area contributed by atoms with E-state index in [1.807, 2.05) is 19.3 Å². The third-order valence-electron chi connectivity index (χ3n) is 4.78. The zero-order chi connectivity index (χ0) is 22.3. The summed E-state index contributed by atoms with van der Waals surface area (Å²) < 4.78 is 37.7. The van der Waals surface area contributed by atoms with Crippen LogP contribution in [0.3, 0.4) is 0 Å². The Morgan fingerprint density at radius 2 is 1.65 bits per heavy atom. The topological polar surface area (TPSA) is 58.1 Å². The molecule has 31 heavy (non-hydrogen) atoms. The van der Waals surface area contributed by atoms with Gasteiger partial charge in [0.25, 0.3) is 5.91 Å². The molecule has 4 rings (SSSR count). The number of nitrogens with zero attached hydrogens (tertiary/aromatic N) is 3. The molecule has 1 amide bonds. The van der Waals surface area contributed by atoms with Crippen LogP contribution in [0.5, 0.6) is 0 Å². The summed E-state index contributed by atoms with van der Waals surface area (Å²) in [5, 5.41) is 2.45. The highest BCUT2D eigenvalue weighted by Crippen LogP contribution is 2.30. The normalized spacial score (nSPS) is 13.4. The van der Waals surface area contributed by atoms with Gasteiger partial charge in [-0.25, -0.2) is 9.97 Å². The molecule has 0 saturated carbocycles. The summed E-state index contributed by atoms with van der Waals surface area (Å²) in [5.74, 6) is -0.440. The van der Waals surface area contributed by atoms with Gasteiger partial charge in [-0.3, -0.25) is 4.79 Å². The molecule has 3 aromatic rings. The molecule has 1 N–H and O–H groups in total. The predicted octanol–water partition coefficient (Wildman–Crippen LogP) is 5.34. The fourth-order valence-corrected chi connectivity index (χ4v) is 3.11. The van der Waals surface area contributed by atoms with Crippen LogP contribution in [-0.2, 0) is 6.18 Å². The van der Waals surface area contributed by atoms with E-state index in [0.717, 1.165) is 36.5 Å². The molecule has 1 aliphatic rings. The van der Waals surface area contributed by atoms with Gasteiger partial charge in [0, 0.05) is 24.3 Å². The van der Waals surface area contributed by atoms with Gasteiger partial charge < -0.3 is 10.2 Å². The highest BCUT2D eigenvalue weighted by molar-refractivity contribution is 6.04. The number of benzene rings is 2. The third-order valence-corrected chi connectivity index (χ3v) is 4.78. The second-order valence-corrected chi connectivity index (χ2v) is 7.19. The van der Waals surface area contributed by atoms with Crippen molar-refractivity contribution in [2.75, 3.05) is 23.3 Å². The average molecular weight is 428 g/mol. The van der Waals surface area contributed by atoms with Gasteiger partial charge in [0.15, 0.2) is 0 Å². The lowest BCUT2D eigenvalue weighted by Gasteiger charge is -2.15. The number of carbonyl (C=O) groups excluding carboxylic acids is 1. The van der Waals surface area contributed by atoms with Crippen molar-refractivity contribution in [2.24, 2.45) is 0 Å². The lowest BCUT2D eigenvalue weighted by atomic mass is 10.1. The SMILES string of the molecule is Cc1ccc(C(=O)Nc2cccc(C(F)(F)F)c2)cc1.c1ncc(N2CCCC2)cn1. The van der Waals surface area contributed by atoms with Crippen molar-refractivity contribution in [3.63, 3.8) is 0 Å². The van der Waals surface area contributed by atoms with Gasteiger partial charge in [0.1, 0.15) is 6.33 Å². The largest absolute Gasteiger partial charge is 0.416 e. The van der Waals surface area contributed by atoms with Crippen molar-refractivity contribution in [1.82, 2.24) is 9.97 Å². The zero-order valence-corrected chi connectivity index (χ0v) is 17.1. The zero-order valence-electron chi connectivity index (χ0n) is 17.1. The van der Waals surface area contributed by atoms with Crippen molar-refractivity contribution in [1.29, 1.82) is 0 Å². The minimum absolute atomic E-state index is 0.116. The third kappa shape index (κ3) is 6.53. The lowest BCUT2D eigenvalue weighted by molar-refractivity contribution is -0.137. The van der Waals surface area contributed by atoms with Crippen molar-refractivity contribution < 1.29 is 18.0 Å². The number of aryl methyl sites for hydroxylation is 1. The number of anilines is 2. The Morgan fingerprint density at radius 3 is 2.26 bits per heavy atom. The van der Waals surface area contributed by atoms with Crippen LogP contribution >= 0.6 is 0 Å². The fourth-order valence-electron chi connectivity index (χ4n) is 3.11. The highest BCUT2D eigenvalue weighted by atomic mass is 19.4. The maximum Gasteiger partial charge on any atom is 0.416 e. The summed E-state index contributed by atoms with van der Waals surface area (Å²) in [6.45, 7) is 4.20. The first-order valence-electron chi connectivity index (χ1n) is 9.88. The molecule has 0 atom stereocenters. The van der Waals surface area contributed by atoms with Crippen LogP contribution in [-0.4, -0.2) is 29.0 Å². The summed E-state index contributed by atoms with van der Waals surface area (Å²) in [6.07, 6.45) is 3.49. The van der Waals surface area contributed by atoms with E-state index >= 15 is 0 Å². The summed E-state index contributed by atoms with van der Waals surface area (Å²) in [4.78, 5) is 22.2. The molecule has 0 aliphatic carbocycles. The van der Waals surface area contributed by atoms with E-state index in [0.29, 0.717) is 5.56 Å². The first-order chi connectivity index (χ1) is 14.8. The first-order valence-corrected chi connectivity index (χ1v) is 9.88. The quantitative estimate of drug-likeness (QED) is 0.612. The summed E-state index contributed by atoms with van der Waals surface area (Å²) in [5.41, 5.74) is 1.88. The molecule has 2 heterocycles. The summed E-state index contributed by atoms with van der Waals surface area (Å²) in [6, 6.07) is 11.3. The number of rotatable bonds is 3. The average Bonchev–Trinajstić information content (AvgIpc) is 3.30. The molecular weight excluding hydrogens is 405 g/mol. The molecule has 0 radical (unpaired) electrons. The maximum atomic E-state index is 12.6. The summed E-state index contributed by atoms with van der Waals surface area (Å²) >= 11 is 0. The molecule has 0 bridgehead atoms. The Bertz CT molecular complexity index is 986. The minimum Gasteiger partial charge on any atom is -0.369 e. The van der Waals surface area contributed by atoms with Crippen molar-refractivity contribution in [3.05, 3.63) is 83.9 Å². The number of nitrogens with one attached hydrogen (secondary N) is 1. The minimum atomic E-state index is -4.43. The first kappa shape index (κ1) is 22.3. The molecule has 0 unspecified atom stereocenters. The molecule has 1 saturated heterocycles. The number of hydrogen-bond donors (Lipinski definition) is 1. The van der Waals surface area contributed by atoms with Crippen molar-refractivity contribution in [2.45, 2.75) is 25.9 Å². The van der Waals surface area contributed by atoms with Crippen LogP contribution in [0.25, 0.3) is 0 Å². The van der Waals surface area contributed by atoms with Gasteiger partial charge in [-0.1, -0.05) is 23.8 Å². The number of alkyl halides is 3. The smallest absolute Gasteiger partial charge is 0.369 e. The van der Waals surface area contributed by atoms with Crippen LogP contribution in [0.4, 0.5) is 24.5 Å². The number of carbonyl (C=O) groups is 1. The predicted molar refractivity (Wildman–Crippen MR) is 114 cm³/mol. The molecular formula is C23H23F3N4O. The van der Waals surface area contributed by atoms with Gasteiger partial charge >= 0.3 is 6.18 Å². The molecule has 2 aromatic carbocycles. The maximum absolute atomic E-state index is 12.6. The number of halogens is 3. The molecule has 5 nitrogen and oxygen atoms in total. The number of hydrogen-bond acceptors (Lipinski definition) is 4. The lowest BCUT2D eigenvalue weighted by Crippen LogP contribution is -2.17. The van der Waals surface area contributed by atoms with Gasteiger partial charge in [0.05, 0.1) is 23.6 Å². The van der Waals surface area contributed by atoms with Crippen LogP contribution in [0.2, 0.25) is 0 Å². The van der Waals surface area contributed by atoms with Gasteiger partial charge in [0.2, 0.25) is 0 Å². The second-order valence-electron chi connectivity index (χ2n) is 7.19. The molecule has 1 fully saturated rings. The number of amides is 1. The van der Waals surface area contributed by atoms with E-state index in [1.54, 1.807) is 30.6 Å². The van der Waals surface area contributed by atoms with Crippen LogP contribution in [0.15, 0.2) is 67.3 Å². The Kier molecular flexibility index (Phi) is 7.23. The Morgan fingerprint density at radius 1 is 1.00 bits per heavy atom. The monoisotopic (exact) mass is 428 g/mol. The van der Waals surface area contributed by atoms with E-state index in [-0.39, 0.29) is 5.69 Å². The van der Waals surface area contributed by atoms with Crippen molar-refractivity contribution in [3.8, 4) is 0 Å². The standard InChI is InChI=1S/C15H12F3NO.C8H11N3/c1-10-5-7-11(8-6-10)14(20)19-13-4-2-3-12(9-13)15(16,17)18;1-2-4-11(3-1)8-5-9-7-10-6-8/h2-9H,1H3,(H,19,20);5-7H,1-4H2. The Balaban J connectivity index is 0.000000207. The van der Waals surface area contributed by atoms with Gasteiger partial charge in [-0.05, 0) is 50.1 Å². The number of aromatic nitrogens is 2. The highest BCUT2D eigenvalue weighted by Gasteiger charge is 2.30. The summed E-state index contributed by atoms with van der Waals surface area (Å²) in [7, 11) is 0. The fraction of sp³-hybridized carbons (Fsp3) is 0.261. The Labute approximate surface area is 179 Å². The molecule has 8 heteroatoms. The van der Waals surface area contributed by atoms with E-state index in [4.69, 9.17) is 0 Å². The van der Waals surface area contributed by atoms with E-state index in [2.05, 4.69) is 20.2 Å². The second kappa shape index (κ2) is 10.1.